The van der Waals surface area contributed by atoms with E-state index in [0.717, 1.165) is 18.4 Å². The molecule has 1 saturated carbocycles. The van der Waals surface area contributed by atoms with Gasteiger partial charge in [0.1, 0.15) is 0 Å². The van der Waals surface area contributed by atoms with Crippen LogP contribution in [0.4, 0.5) is 0 Å². The smallest absolute Gasteiger partial charge is 0.214 e. The number of rotatable bonds is 5. The Labute approximate surface area is 89.8 Å². The van der Waals surface area contributed by atoms with Crippen LogP contribution in [0.25, 0.3) is 0 Å². The highest BCUT2D eigenvalue weighted by Crippen LogP contribution is 2.27. The van der Waals surface area contributed by atoms with Gasteiger partial charge in [-0.25, -0.2) is 13.1 Å². The standard InChI is InChI=1S/C10H14N2O2S/c13-15(14,10-1-2-10)12-8-5-9-3-6-11-7-4-9/h3-4,6-7,10,12H,1-2,5,8H2. The molecule has 1 aliphatic carbocycles. The molecule has 2 rings (SSSR count). The molecule has 1 heterocycles. The van der Waals surface area contributed by atoms with E-state index in [4.69, 9.17) is 0 Å². The van der Waals surface area contributed by atoms with Crippen molar-refractivity contribution in [3.63, 3.8) is 0 Å². The molecular formula is C10H14N2O2S. The van der Waals surface area contributed by atoms with Crippen molar-refractivity contribution < 1.29 is 8.42 Å². The Morgan fingerprint density at radius 3 is 2.60 bits per heavy atom. The lowest BCUT2D eigenvalue weighted by atomic mass is 10.2. The van der Waals surface area contributed by atoms with Gasteiger partial charge in [0, 0.05) is 18.9 Å². The molecule has 15 heavy (non-hydrogen) atoms. The number of sulfonamides is 1. The summed E-state index contributed by atoms with van der Waals surface area (Å²) in [4.78, 5) is 3.90. The van der Waals surface area contributed by atoms with Crippen LogP contribution >= 0.6 is 0 Å². The van der Waals surface area contributed by atoms with Crippen LogP contribution in [0.2, 0.25) is 0 Å². The fourth-order valence-corrected chi connectivity index (χ4v) is 2.76. The molecule has 1 N–H and O–H groups in total. The van der Waals surface area contributed by atoms with Crippen molar-refractivity contribution in [3.05, 3.63) is 30.1 Å². The SMILES string of the molecule is O=S(=O)(NCCc1ccncc1)C1CC1. The molecule has 4 nitrogen and oxygen atoms in total. The van der Waals surface area contributed by atoms with Crippen molar-refractivity contribution in [2.75, 3.05) is 6.54 Å². The summed E-state index contributed by atoms with van der Waals surface area (Å²) < 4.78 is 25.5. The summed E-state index contributed by atoms with van der Waals surface area (Å²) in [6.45, 7) is 0.475. The van der Waals surface area contributed by atoms with Crippen LogP contribution in [0, 0.1) is 0 Å². The number of hydrogen-bond donors (Lipinski definition) is 1. The Morgan fingerprint density at radius 1 is 1.33 bits per heavy atom. The zero-order chi connectivity index (χ0) is 10.7. The normalized spacial score (nSPS) is 16.5. The fraction of sp³-hybridized carbons (Fsp3) is 0.500. The van der Waals surface area contributed by atoms with E-state index in [2.05, 4.69) is 9.71 Å². The molecule has 0 saturated heterocycles. The maximum Gasteiger partial charge on any atom is 0.214 e. The van der Waals surface area contributed by atoms with E-state index in [1.165, 1.54) is 0 Å². The molecule has 0 aliphatic heterocycles. The van der Waals surface area contributed by atoms with Crippen molar-refractivity contribution in [1.82, 2.24) is 9.71 Å². The lowest BCUT2D eigenvalue weighted by molar-refractivity contribution is 0.580. The van der Waals surface area contributed by atoms with Gasteiger partial charge in [0.2, 0.25) is 10.0 Å². The zero-order valence-electron chi connectivity index (χ0n) is 8.39. The summed E-state index contributed by atoms with van der Waals surface area (Å²) >= 11 is 0. The monoisotopic (exact) mass is 226 g/mol. The van der Waals surface area contributed by atoms with E-state index in [9.17, 15) is 8.42 Å². The average Bonchev–Trinajstić information content (AvgIpc) is 3.02. The van der Waals surface area contributed by atoms with Crippen LogP contribution in [0.1, 0.15) is 18.4 Å². The molecule has 0 aromatic carbocycles. The Hall–Kier alpha value is -0.940. The summed E-state index contributed by atoms with van der Waals surface area (Å²) in [5.74, 6) is 0. The molecule has 5 heteroatoms. The maximum absolute atomic E-state index is 11.5. The molecule has 0 amide bonds. The Balaban J connectivity index is 1.80. The third kappa shape index (κ3) is 3.00. The first kappa shape index (κ1) is 10.6. The highest BCUT2D eigenvalue weighted by atomic mass is 32.2. The Morgan fingerprint density at radius 2 is 2.00 bits per heavy atom. The average molecular weight is 226 g/mol. The third-order valence-corrected chi connectivity index (χ3v) is 4.39. The van der Waals surface area contributed by atoms with Crippen molar-refractivity contribution in [2.45, 2.75) is 24.5 Å². The highest BCUT2D eigenvalue weighted by Gasteiger charge is 2.35. The molecule has 0 unspecified atom stereocenters. The molecule has 82 valence electrons. The number of nitrogens with zero attached hydrogens (tertiary/aromatic N) is 1. The van der Waals surface area contributed by atoms with E-state index in [1.807, 2.05) is 12.1 Å². The number of hydrogen-bond acceptors (Lipinski definition) is 3. The number of nitrogens with one attached hydrogen (secondary N) is 1. The van der Waals surface area contributed by atoms with Gasteiger partial charge in [-0.15, -0.1) is 0 Å². The Kier molecular flexibility index (Phi) is 3.02. The van der Waals surface area contributed by atoms with Gasteiger partial charge < -0.3 is 0 Å². The van der Waals surface area contributed by atoms with Crippen molar-refractivity contribution in [1.29, 1.82) is 0 Å². The number of pyridine rings is 1. The van der Waals surface area contributed by atoms with Crippen LogP contribution in [-0.2, 0) is 16.4 Å². The summed E-state index contributed by atoms with van der Waals surface area (Å²) in [7, 11) is -3.02. The zero-order valence-corrected chi connectivity index (χ0v) is 9.20. The lowest BCUT2D eigenvalue weighted by Crippen LogP contribution is -2.29. The molecule has 0 spiro atoms. The van der Waals surface area contributed by atoms with Crippen LogP contribution < -0.4 is 4.72 Å². The molecular weight excluding hydrogens is 212 g/mol. The van der Waals surface area contributed by atoms with Crippen LogP contribution in [0.3, 0.4) is 0 Å². The van der Waals surface area contributed by atoms with E-state index in [1.54, 1.807) is 12.4 Å². The molecule has 0 atom stereocenters. The topological polar surface area (TPSA) is 59.1 Å². The van der Waals surface area contributed by atoms with Gasteiger partial charge in [-0.2, -0.15) is 0 Å². The quantitative estimate of drug-likeness (QED) is 0.804. The minimum atomic E-state index is -3.02. The molecule has 0 radical (unpaired) electrons. The van der Waals surface area contributed by atoms with E-state index < -0.39 is 10.0 Å². The molecule has 1 fully saturated rings. The van der Waals surface area contributed by atoms with E-state index in [-0.39, 0.29) is 5.25 Å². The van der Waals surface area contributed by atoms with Crippen LogP contribution in [0.15, 0.2) is 24.5 Å². The van der Waals surface area contributed by atoms with Gasteiger partial charge in [0.15, 0.2) is 0 Å². The third-order valence-electron chi connectivity index (χ3n) is 2.43. The van der Waals surface area contributed by atoms with Crippen molar-refractivity contribution in [2.24, 2.45) is 0 Å². The van der Waals surface area contributed by atoms with Crippen molar-refractivity contribution in [3.8, 4) is 0 Å². The first-order valence-corrected chi connectivity index (χ1v) is 6.60. The molecule has 1 aromatic rings. The second-order valence-electron chi connectivity index (χ2n) is 3.74. The maximum atomic E-state index is 11.5. The summed E-state index contributed by atoms with van der Waals surface area (Å²) in [6.07, 6.45) is 5.76. The molecule has 1 aliphatic rings. The van der Waals surface area contributed by atoms with E-state index in [0.29, 0.717) is 13.0 Å². The van der Waals surface area contributed by atoms with Crippen LogP contribution in [-0.4, -0.2) is 25.2 Å². The summed E-state index contributed by atoms with van der Waals surface area (Å²) in [5, 5.41) is -0.130. The first-order chi connectivity index (χ1) is 7.18. The van der Waals surface area contributed by atoms with Crippen molar-refractivity contribution >= 4 is 10.0 Å². The second kappa shape index (κ2) is 4.28. The predicted molar refractivity (Wildman–Crippen MR) is 57.9 cm³/mol. The minimum absolute atomic E-state index is 0.130. The minimum Gasteiger partial charge on any atom is -0.265 e. The van der Waals surface area contributed by atoms with Gasteiger partial charge >= 0.3 is 0 Å². The largest absolute Gasteiger partial charge is 0.265 e. The molecule has 1 aromatic heterocycles. The van der Waals surface area contributed by atoms with Gasteiger partial charge in [-0.3, -0.25) is 4.98 Å². The fourth-order valence-electron chi connectivity index (χ4n) is 1.38. The first-order valence-electron chi connectivity index (χ1n) is 5.06. The van der Waals surface area contributed by atoms with Gasteiger partial charge in [0.05, 0.1) is 5.25 Å². The highest BCUT2D eigenvalue weighted by molar-refractivity contribution is 7.90. The van der Waals surface area contributed by atoms with E-state index >= 15 is 0 Å². The summed E-state index contributed by atoms with van der Waals surface area (Å²) in [6, 6.07) is 3.79. The van der Waals surface area contributed by atoms with Crippen LogP contribution in [0.5, 0.6) is 0 Å². The lowest BCUT2D eigenvalue weighted by Gasteiger charge is -2.04. The molecule has 0 bridgehead atoms. The second-order valence-corrected chi connectivity index (χ2v) is 5.79. The van der Waals surface area contributed by atoms with Gasteiger partial charge in [-0.1, -0.05) is 0 Å². The van der Waals surface area contributed by atoms with Gasteiger partial charge in [-0.05, 0) is 37.0 Å². The summed E-state index contributed by atoms with van der Waals surface area (Å²) in [5.41, 5.74) is 1.10. The predicted octanol–water partition coefficient (Wildman–Crippen LogP) is 0.706. The Bertz CT molecular complexity index is 412. The van der Waals surface area contributed by atoms with Gasteiger partial charge in [0.25, 0.3) is 0 Å². The number of aromatic nitrogens is 1.